The molecule has 0 bridgehead atoms. The minimum atomic E-state index is -0.593. The quantitative estimate of drug-likeness (QED) is 0.497. The van der Waals surface area contributed by atoms with E-state index in [4.69, 9.17) is 29.9 Å². The molecule has 0 aliphatic carbocycles. The van der Waals surface area contributed by atoms with Crippen LogP contribution in [0.4, 0.5) is 0 Å². The summed E-state index contributed by atoms with van der Waals surface area (Å²) >= 11 is 0. The Morgan fingerprint density at radius 3 is 1.47 bits per heavy atom. The van der Waals surface area contributed by atoms with Gasteiger partial charge in [0.25, 0.3) is 0 Å². The molecule has 0 aromatic heterocycles. The molecule has 5 unspecified atom stereocenters. The van der Waals surface area contributed by atoms with Crippen molar-refractivity contribution in [3.05, 3.63) is 0 Å². The summed E-state index contributed by atoms with van der Waals surface area (Å²) in [4.78, 5) is 0. The van der Waals surface area contributed by atoms with Crippen molar-refractivity contribution in [2.45, 2.75) is 65.1 Å². The maximum absolute atomic E-state index is 8.92. The van der Waals surface area contributed by atoms with Gasteiger partial charge in [0, 0.05) is 0 Å². The van der Waals surface area contributed by atoms with Gasteiger partial charge in [-0.25, -0.2) is 0 Å². The van der Waals surface area contributed by atoms with Crippen LogP contribution in [-0.2, 0) is 9.47 Å². The number of ether oxygens (including phenoxy) is 2. The van der Waals surface area contributed by atoms with Gasteiger partial charge in [0.1, 0.15) is 0 Å². The molecule has 0 aromatic carbocycles. The Hall–Kier alpha value is -0.240. The molecule has 0 saturated carbocycles. The van der Waals surface area contributed by atoms with Crippen molar-refractivity contribution in [1.29, 1.82) is 0 Å². The predicted octanol–water partition coefficient (Wildman–Crippen LogP) is -0.0823. The maximum Gasteiger partial charge on any atom is 0.0781 e. The van der Waals surface area contributed by atoms with Gasteiger partial charge in [-0.2, -0.15) is 0 Å². The molecule has 0 amide bonds. The fraction of sp³-hybridized carbons (Fsp3) is 1.00. The van der Waals surface area contributed by atoms with Gasteiger partial charge in [0.15, 0.2) is 0 Å². The highest BCUT2D eigenvalue weighted by atomic mass is 16.5. The van der Waals surface area contributed by atoms with E-state index >= 15 is 0 Å². The molecule has 0 heterocycles. The molecule has 4 N–H and O–H groups in total. The third kappa shape index (κ3) is 17.8. The molecule has 0 spiro atoms. The average Bonchev–Trinajstić information content (AvgIpc) is 2.33. The van der Waals surface area contributed by atoms with Gasteiger partial charge in [-0.3, -0.25) is 0 Å². The van der Waals surface area contributed by atoms with Crippen molar-refractivity contribution < 1.29 is 29.9 Å². The van der Waals surface area contributed by atoms with Crippen molar-refractivity contribution in [2.75, 3.05) is 19.8 Å². The molecule has 0 aliphatic rings. The van der Waals surface area contributed by atoms with E-state index in [0.717, 1.165) is 0 Å². The van der Waals surface area contributed by atoms with Crippen molar-refractivity contribution in [3.8, 4) is 0 Å². The summed E-state index contributed by atoms with van der Waals surface area (Å²) in [5, 5.41) is 34.3. The van der Waals surface area contributed by atoms with Crippen LogP contribution < -0.4 is 0 Å². The van der Waals surface area contributed by atoms with E-state index in [9.17, 15) is 0 Å². The van der Waals surface area contributed by atoms with Gasteiger partial charge in [0.05, 0.1) is 50.3 Å². The van der Waals surface area contributed by atoms with E-state index < -0.39 is 18.3 Å². The molecule has 19 heavy (non-hydrogen) atoms. The zero-order valence-electron chi connectivity index (χ0n) is 12.6. The van der Waals surface area contributed by atoms with Crippen LogP contribution >= 0.6 is 0 Å². The highest BCUT2D eigenvalue weighted by molar-refractivity contribution is 4.53. The van der Waals surface area contributed by atoms with E-state index in [1.165, 1.54) is 0 Å². The second-order valence-electron chi connectivity index (χ2n) is 4.80. The summed E-state index contributed by atoms with van der Waals surface area (Å²) in [5.74, 6) is 0. The summed E-state index contributed by atoms with van der Waals surface area (Å²) in [6.07, 6.45) is -1.84. The molecule has 6 heteroatoms. The fourth-order valence-corrected chi connectivity index (χ4v) is 0.704. The summed E-state index contributed by atoms with van der Waals surface area (Å²) in [6.45, 7) is 9.20. The molecule has 118 valence electrons. The third-order valence-corrected chi connectivity index (χ3v) is 2.19. The minimum absolute atomic E-state index is 0.0170. The minimum Gasteiger partial charge on any atom is -0.394 e. The molecule has 0 saturated heterocycles. The summed E-state index contributed by atoms with van der Waals surface area (Å²) in [6, 6.07) is 0. The standard InChI is InChI=1S/C9H20O4.C4H10O2/c1-7(11)5-12-9(3)6-13-8(2)4-10;1-3(5)4(2)6/h7-11H,4-6H2,1-3H3;3-6H,1-2H3. The van der Waals surface area contributed by atoms with Crippen molar-refractivity contribution in [2.24, 2.45) is 0 Å². The van der Waals surface area contributed by atoms with Gasteiger partial charge in [-0.1, -0.05) is 0 Å². The Balaban J connectivity index is 0. The van der Waals surface area contributed by atoms with Crippen LogP contribution in [-0.4, -0.2) is 70.8 Å². The molecular formula is C13H30O6. The lowest BCUT2D eigenvalue weighted by atomic mass is 10.3. The molecule has 0 aromatic rings. The molecular weight excluding hydrogens is 252 g/mol. The average molecular weight is 282 g/mol. The van der Waals surface area contributed by atoms with Gasteiger partial charge in [-0.05, 0) is 34.6 Å². The van der Waals surface area contributed by atoms with Crippen LogP contribution in [0.25, 0.3) is 0 Å². The summed E-state index contributed by atoms with van der Waals surface area (Å²) < 4.78 is 10.5. The highest BCUT2D eigenvalue weighted by Gasteiger charge is 2.07. The first kappa shape index (κ1) is 21.1. The molecule has 0 radical (unpaired) electrons. The van der Waals surface area contributed by atoms with Crippen molar-refractivity contribution in [1.82, 2.24) is 0 Å². The van der Waals surface area contributed by atoms with Gasteiger partial charge < -0.3 is 29.9 Å². The normalized spacial score (nSPS) is 18.8. The third-order valence-electron chi connectivity index (χ3n) is 2.19. The van der Waals surface area contributed by atoms with E-state index in [-0.39, 0.29) is 18.8 Å². The molecule has 0 rings (SSSR count). The lowest BCUT2D eigenvalue weighted by Crippen LogP contribution is -2.24. The second kappa shape index (κ2) is 12.8. The van der Waals surface area contributed by atoms with E-state index in [0.29, 0.717) is 13.2 Å². The largest absolute Gasteiger partial charge is 0.394 e. The molecule has 0 fully saturated rings. The van der Waals surface area contributed by atoms with Crippen LogP contribution in [0, 0.1) is 0 Å². The Bertz CT molecular complexity index is 178. The van der Waals surface area contributed by atoms with E-state index in [1.54, 1.807) is 27.7 Å². The fourth-order valence-electron chi connectivity index (χ4n) is 0.704. The number of hydrogen-bond donors (Lipinski definition) is 4. The van der Waals surface area contributed by atoms with Crippen LogP contribution in [0.2, 0.25) is 0 Å². The molecule has 0 aliphatic heterocycles. The van der Waals surface area contributed by atoms with E-state index in [2.05, 4.69) is 0 Å². The van der Waals surface area contributed by atoms with Gasteiger partial charge in [-0.15, -0.1) is 0 Å². The first-order valence-electron chi connectivity index (χ1n) is 6.58. The van der Waals surface area contributed by atoms with E-state index in [1.807, 2.05) is 6.92 Å². The number of hydrogen-bond acceptors (Lipinski definition) is 6. The van der Waals surface area contributed by atoms with Crippen LogP contribution in [0.3, 0.4) is 0 Å². The van der Waals surface area contributed by atoms with Crippen LogP contribution in [0.1, 0.15) is 34.6 Å². The molecule has 6 nitrogen and oxygen atoms in total. The van der Waals surface area contributed by atoms with Gasteiger partial charge >= 0.3 is 0 Å². The number of rotatable bonds is 8. The summed E-state index contributed by atoms with van der Waals surface area (Å²) in [7, 11) is 0. The Kier molecular flexibility index (Phi) is 14.2. The zero-order valence-corrected chi connectivity index (χ0v) is 12.6. The predicted molar refractivity (Wildman–Crippen MR) is 73.0 cm³/mol. The lowest BCUT2D eigenvalue weighted by Gasteiger charge is -2.16. The van der Waals surface area contributed by atoms with Crippen LogP contribution in [0.5, 0.6) is 0 Å². The van der Waals surface area contributed by atoms with Crippen molar-refractivity contribution >= 4 is 0 Å². The second-order valence-corrected chi connectivity index (χ2v) is 4.80. The maximum atomic E-state index is 8.92. The highest BCUT2D eigenvalue weighted by Crippen LogP contribution is 1.97. The monoisotopic (exact) mass is 282 g/mol. The SMILES string of the molecule is CC(O)C(C)O.CC(O)COC(C)COC(C)CO. The first-order valence-corrected chi connectivity index (χ1v) is 6.58. The number of aliphatic hydroxyl groups is 4. The smallest absolute Gasteiger partial charge is 0.0781 e. The Morgan fingerprint density at radius 1 is 0.737 bits per heavy atom. The summed E-state index contributed by atoms with van der Waals surface area (Å²) in [5.41, 5.74) is 0. The zero-order chi connectivity index (χ0) is 15.4. The lowest BCUT2D eigenvalue weighted by molar-refractivity contribution is -0.0620. The topological polar surface area (TPSA) is 99.4 Å². The van der Waals surface area contributed by atoms with Gasteiger partial charge in [0.2, 0.25) is 0 Å². The van der Waals surface area contributed by atoms with Crippen molar-refractivity contribution in [3.63, 3.8) is 0 Å². The first-order chi connectivity index (χ1) is 8.70. The number of aliphatic hydroxyl groups excluding tert-OH is 4. The molecule has 5 atom stereocenters. The Labute approximate surface area is 116 Å². The van der Waals surface area contributed by atoms with Crippen LogP contribution in [0.15, 0.2) is 0 Å². The Morgan fingerprint density at radius 2 is 1.16 bits per heavy atom.